The van der Waals surface area contributed by atoms with Crippen molar-refractivity contribution in [1.82, 2.24) is 0 Å². The summed E-state index contributed by atoms with van der Waals surface area (Å²) in [6.07, 6.45) is 0. The summed E-state index contributed by atoms with van der Waals surface area (Å²) in [5, 5.41) is 0. The highest BCUT2D eigenvalue weighted by atomic mass is 32.2. The van der Waals surface area contributed by atoms with Gasteiger partial charge in [-0.25, -0.2) is 17.6 Å². The molecule has 0 radical (unpaired) electrons. The van der Waals surface area contributed by atoms with Gasteiger partial charge in [0.15, 0.2) is 11.6 Å². The number of nitrogens with zero attached hydrogens (tertiary/aromatic N) is 1. The molecule has 0 aromatic heterocycles. The third kappa shape index (κ3) is 5.36. The lowest BCUT2D eigenvalue weighted by Crippen LogP contribution is -2.26. The molecule has 3 aromatic carbocycles. The number of anilines is 1. The lowest BCUT2D eigenvalue weighted by molar-refractivity contribution is 0.0448. The molecule has 0 amide bonds. The van der Waals surface area contributed by atoms with Crippen LogP contribution in [0.1, 0.15) is 10.4 Å². The van der Waals surface area contributed by atoms with Crippen molar-refractivity contribution in [3.05, 3.63) is 84.2 Å². The fraction of sp³-hybridized carbons (Fsp3) is 0.174. The number of rotatable bonds is 9. The highest BCUT2D eigenvalue weighted by molar-refractivity contribution is 7.92. The average Bonchev–Trinajstić information content (AvgIpc) is 2.82. The van der Waals surface area contributed by atoms with E-state index in [1.54, 1.807) is 30.3 Å². The Morgan fingerprint density at radius 3 is 2.38 bits per heavy atom. The third-order valence-electron chi connectivity index (χ3n) is 4.57. The van der Waals surface area contributed by atoms with Crippen LogP contribution in [0.2, 0.25) is 0 Å². The van der Waals surface area contributed by atoms with Gasteiger partial charge in [-0.05, 0) is 54.6 Å². The van der Waals surface area contributed by atoms with E-state index < -0.39 is 21.8 Å². The molecule has 3 aromatic rings. The van der Waals surface area contributed by atoms with Crippen LogP contribution in [0.25, 0.3) is 0 Å². The minimum atomic E-state index is -3.92. The topological polar surface area (TPSA) is 82.1 Å². The van der Waals surface area contributed by atoms with Gasteiger partial charge in [-0.2, -0.15) is 0 Å². The van der Waals surface area contributed by atoms with E-state index in [0.717, 1.165) is 4.31 Å². The summed E-state index contributed by atoms with van der Waals surface area (Å²) in [6, 6.07) is 18.0. The van der Waals surface area contributed by atoms with Crippen LogP contribution in [0.5, 0.6) is 11.5 Å². The lowest BCUT2D eigenvalue weighted by atomic mass is 10.2. The fourth-order valence-corrected chi connectivity index (χ4v) is 4.05. The predicted octanol–water partition coefficient (Wildman–Crippen LogP) is 3.90. The van der Waals surface area contributed by atoms with E-state index in [0.29, 0.717) is 11.4 Å². The van der Waals surface area contributed by atoms with E-state index in [9.17, 15) is 17.6 Å². The van der Waals surface area contributed by atoms with Crippen LogP contribution in [0.3, 0.4) is 0 Å². The molecule has 0 aliphatic heterocycles. The molecule has 0 heterocycles. The molecule has 0 unspecified atom stereocenters. The molecular weight excluding hydrogens is 437 g/mol. The Kier molecular flexibility index (Phi) is 7.32. The maximum atomic E-state index is 13.5. The van der Waals surface area contributed by atoms with Gasteiger partial charge in [-0.3, -0.25) is 4.31 Å². The highest BCUT2D eigenvalue weighted by Gasteiger charge is 2.23. The quantitative estimate of drug-likeness (QED) is 0.357. The predicted molar refractivity (Wildman–Crippen MR) is 117 cm³/mol. The number of halogens is 1. The number of para-hydroxylation sites is 1. The molecule has 9 heteroatoms. The Morgan fingerprint density at radius 1 is 0.969 bits per heavy atom. The number of carbonyl (C=O) groups is 1. The van der Waals surface area contributed by atoms with Crippen molar-refractivity contribution < 1.29 is 31.8 Å². The zero-order chi connectivity index (χ0) is 23.1. The summed E-state index contributed by atoms with van der Waals surface area (Å²) in [7, 11) is -0.976. The van der Waals surface area contributed by atoms with E-state index in [4.69, 9.17) is 14.2 Å². The molecule has 0 bridgehead atoms. The Balaban J connectivity index is 1.65. The van der Waals surface area contributed by atoms with Crippen molar-refractivity contribution in [3.63, 3.8) is 0 Å². The zero-order valence-electron chi connectivity index (χ0n) is 17.5. The summed E-state index contributed by atoms with van der Waals surface area (Å²) >= 11 is 0. The first-order chi connectivity index (χ1) is 15.3. The van der Waals surface area contributed by atoms with Crippen molar-refractivity contribution in [2.75, 3.05) is 31.7 Å². The number of sulfonamides is 1. The van der Waals surface area contributed by atoms with Gasteiger partial charge in [0.2, 0.25) is 0 Å². The van der Waals surface area contributed by atoms with Crippen LogP contribution in [0.15, 0.2) is 77.7 Å². The standard InChI is InChI=1S/C23H22FNO6S/c1-25(18-10-12-19(29-2)13-11-18)32(27,28)20-7-5-6-17(16-20)23(26)31-15-14-30-22-9-4-3-8-21(22)24/h3-13,16H,14-15H2,1-2H3. The number of benzene rings is 3. The summed E-state index contributed by atoms with van der Waals surface area (Å²) in [5.74, 6) is -0.578. The molecule has 0 aliphatic carbocycles. The number of carbonyl (C=O) groups excluding carboxylic acids is 1. The van der Waals surface area contributed by atoms with Gasteiger partial charge in [0.1, 0.15) is 19.0 Å². The van der Waals surface area contributed by atoms with Crippen LogP contribution in [0.4, 0.5) is 10.1 Å². The smallest absolute Gasteiger partial charge is 0.338 e. The van der Waals surface area contributed by atoms with Crippen LogP contribution in [0, 0.1) is 5.82 Å². The number of hydrogen-bond donors (Lipinski definition) is 0. The van der Waals surface area contributed by atoms with Crippen LogP contribution < -0.4 is 13.8 Å². The molecule has 0 saturated carbocycles. The van der Waals surface area contributed by atoms with Crippen LogP contribution >= 0.6 is 0 Å². The summed E-state index contributed by atoms with van der Waals surface area (Å²) in [4.78, 5) is 12.3. The normalized spacial score (nSPS) is 11.0. The minimum Gasteiger partial charge on any atom is -0.497 e. The lowest BCUT2D eigenvalue weighted by Gasteiger charge is -2.20. The maximum Gasteiger partial charge on any atom is 0.338 e. The number of hydrogen-bond acceptors (Lipinski definition) is 6. The molecule has 32 heavy (non-hydrogen) atoms. The molecule has 0 aliphatic rings. The fourth-order valence-electron chi connectivity index (χ4n) is 2.80. The Hall–Kier alpha value is -3.59. The number of esters is 1. The van der Waals surface area contributed by atoms with Gasteiger partial charge in [0, 0.05) is 7.05 Å². The van der Waals surface area contributed by atoms with Gasteiger partial charge in [0.05, 0.1) is 23.3 Å². The van der Waals surface area contributed by atoms with Gasteiger partial charge >= 0.3 is 5.97 Å². The molecule has 0 spiro atoms. The van der Waals surface area contributed by atoms with Crippen molar-refractivity contribution in [3.8, 4) is 11.5 Å². The summed E-state index contributed by atoms with van der Waals surface area (Å²) in [5.41, 5.74) is 0.504. The molecule has 0 N–H and O–H groups in total. The first-order valence-corrected chi connectivity index (χ1v) is 11.0. The van der Waals surface area contributed by atoms with E-state index in [1.165, 1.54) is 56.6 Å². The second kappa shape index (κ2) is 10.1. The van der Waals surface area contributed by atoms with Crippen molar-refractivity contribution in [2.45, 2.75) is 4.90 Å². The number of ether oxygens (including phenoxy) is 3. The summed E-state index contributed by atoms with van der Waals surface area (Å²) < 4.78 is 56.1. The van der Waals surface area contributed by atoms with Gasteiger partial charge in [-0.15, -0.1) is 0 Å². The average molecular weight is 459 g/mol. The minimum absolute atomic E-state index is 0.0507. The van der Waals surface area contributed by atoms with Crippen LogP contribution in [-0.4, -0.2) is 41.8 Å². The molecule has 168 valence electrons. The molecule has 0 atom stereocenters. The monoisotopic (exact) mass is 459 g/mol. The van der Waals surface area contributed by atoms with Crippen molar-refractivity contribution in [1.29, 1.82) is 0 Å². The third-order valence-corrected chi connectivity index (χ3v) is 6.36. The first-order valence-electron chi connectivity index (χ1n) is 9.60. The Bertz CT molecular complexity index is 1180. The highest BCUT2D eigenvalue weighted by Crippen LogP contribution is 2.25. The van der Waals surface area contributed by atoms with E-state index >= 15 is 0 Å². The van der Waals surface area contributed by atoms with Gasteiger partial charge in [0.25, 0.3) is 10.0 Å². The molecule has 0 fully saturated rings. The van der Waals surface area contributed by atoms with E-state index in [-0.39, 0.29) is 29.4 Å². The van der Waals surface area contributed by atoms with Crippen LogP contribution in [-0.2, 0) is 14.8 Å². The SMILES string of the molecule is COc1ccc(N(C)S(=O)(=O)c2cccc(C(=O)OCCOc3ccccc3F)c2)cc1. The molecule has 3 rings (SSSR count). The second-order valence-electron chi connectivity index (χ2n) is 6.61. The van der Waals surface area contributed by atoms with Crippen molar-refractivity contribution >= 4 is 21.7 Å². The zero-order valence-corrected chi connectivity index (χ0v) is 18.3. The van der Waals surface area contributed by atoms with E-state index in [1.807, 2.05) is 0 Å². The van der Waals surface area contributed by atoms with Crippen molar-refractivity contribution in [2.24, 2.45) is 0 Å². The second-order valence-corrected chi connectivity index (χ2v) is 8.58. The maximum absolute atomic E-state index is 13.5. The Labute approximate surface area is 186 Å². The summed E-state index contributed by atoms with van der Waals surface area (Å²) in [6.45, 7) is -0.180. The largest absolute Gasteiger partial charge is 0.497 e. The number of methoxy groups -OCH3 is 1. The Morgan fingerprint density at radius 2 is 1.69 bits per heavy atom. The van der Waals surface area contributed by atoms with E-state index in [2.05, 4.69) is 0 Å². The van der Waals surface area contributed by atoms with Gasteiger partial charge in [-0.1, -0.05) is 18.2 Å². The molecular formula is C23H22FNO6S. The molecule has 0 saturated heterocycles. The molecule has 7 nitrogen and oxygen atoms in total. The first kappa shape index (κ1) is 23.1. The van der Waals surface area contributed by atoms with Gasteiger partial charge < -0.3 is 14.2 Å².